The van der Waals surface area contributed by atoms with Crippen LogP contribution >= 0.6 is 15.9 Å². The van der Waals surface area contributed by atoms with Crippen LogP contribution in [0.25, 0.3) is 0 Å². The number of hydrogen-bond donors (Lipinski definition) is 3. The maximum absolute atomic E-state index is 12.3. The Labute approximate surface area is 136 Å². The fourth-order valence-corrected chi connectivity index (χ4v) is 4.06. The molecule has 1 amide bonds. The highest BCUT2D eigenvalue weighted by Gasteiger charge is 2.28. The summed E-state index contributed by atoms with van der Waals surface area (Å²) >= 11 is 3.15. The molecule has 0 radical (unpaired) electrons. The van der Waals surface area contributed by atoms with E-state index in [2.05, 4.69) is 25.6 Å². The van der Waals surface area contributed by atoms with Crippen molar-refractivity contribution in [2.45, 2.75) is 30.2 Å². The van der Waals surface area contributed by atoms with Crippen molar-refractivity contribution in [2.75, 3.05) is 18.8 Å². The van der Waals surface area contributed by atoms with Gasteiger partial charge in [0.15, 0.2) is 0 Å². The SMILES string of the molecule is Nc1ncc(Br)cc1S(=O)(=O)NCC1CCCCN1C(=O)O. The summed E-state index contributed by atoms with van der Waals surface area (Å²) in [5.74, 6) is -0.102. The van der Waals surface area contributed by atoms with Gasteiger partial charge in [-0.25, -0.2) is 22.9 Å². The number of likely N-dealkylation sites (tertiary alicyclic amines) is 1. The minimum atomic E-state index is -3.85. The molecule has 4 N–H and O–H groups in total. The van der Waals surface area contributed by atoms with Crippen molar-refractivity contribution in [3.63, 3.8) is 0 Å². The average Bonchev–Trinajstić information content (AvgIpc) is 2.48. The Morgan fingerprint density at radius 3 is 2.95 bits per heavy atom. The van der Waals surface area contributed by atoms with Crippen LogP contribution in [0.1, 0.15) is 19.3 Å². The van der Waals surface area contributed by atoms with Gasteiger partial charge in [0.1, 0.15) is 10.7 Å². The highest BCUT2D eigenvalue weighted by molar-refractivity contribution is 9.10. The van der Waals surface area contributed by atoms with Gasteiger partial charge in [0.05, 0.1) is 0 Å². The third-order valence-electron chi connectivity index (χ3n) is 3.52. The zero-order chi connectivity index (χ0) is 16.3. The van der Waals surface area contributed by atoms with Crippen molar-refractivity contribution in [3.8, 4) is 0 Å². The summed E-state index contributed by atoms with van der Waals surface area (Å²) in [6, 6.07) is 0.989. The molecule has 1 aliphatic heterocycles. The lowest BCUT2D eigenvalue weighted by molar-refractivity contribution is 0.108. The number of amides is 1. The van der Waals surface area contributed by atoms with Gasteiger partial charge in [-0.15, -0.1) is 0 Å². The van der Waals surface area contributed by atoms with Crippen LogP contribution in [-0.2, 0) is 10.0 Å². The van der Waals surface area contributed by atoms with Gasteiger partial charge in [-0.05, 0) is 41.3 Å². The van der Waals surface area contributed by atoms with Crippen LogP contribution < -0.4 is 10.5 Å². The number of aromatic nitrogens is 1. The van der Waals surface area contributed by atoms with Crippen LogP contribution in [0.5, 0.6) is 0 Å². The second-order valence-electron chi connectivity index (χ2n) is 5.01. The standard InChI is InChI=1S/C12H17BrN4O4S/c13-8-5-10(11(14)15-6-8)22(20,21)16-7-9-3-1-2-4-17(9)12(18)19/h5-6,9,16H,1-4,7H2,(H2,14,15)(H,18,19). The molecule has 0 spiro atoms. The maximum Gasteiger partial charge on any atom is 0.407 e. The van der Waals surface area contributed by atoms with E-state index >= 15 is 0 Å². The molecule has 1 saturated heterocycles. The van der Waals surface area contributed by atoms with E-state index in [-0.39, 0.29) is 23.3 Å². The fourth-order valence-electron chi connectivity index (χ4n) is 2.39. The van der Waals surface area contributed by atoms with Gasteiger partial charge in [0.2, 0.25) is 10.0 Å². The number of piperidine rings is 1. The second-order valence-corrected chi connectivity index (χ2v) is 7.67. The average molecular weight is 393 g/mol. The number of hydrogen-bond acceptors (Lipinski definition) is 5. The van der Waals surface area contributed by atoms with Gasteiger partial charge >= 0.3 is 6.09 Å². The van der Waals surface area contributed by atoms with E-state index in [0.29, 0.717) is 17.4 Å². The minimum Gasteiger partial charge on any atom is -0.465 e. The van der Waals surface area contributed by atoms with Crippen LogP contribution in [0, 0.1) is 0 Å². The Balaban J connectivity index is 2.12. The van der Waals surface area contributed by atoms with Gasteiger partial charge in [0.25, 0.3) is 0 Å². The quantitative estimate of drug-likeness (QED) is 0.707. The molecular weight excluding hydrogens is 376 g/mol. The van der Waals surface area contributed by atoms with Crippen molar-refractivity contribution in [1.29, 1.82) is 0 Å². The molecule has 1 unspecified atom stereocenters. The number of carbonyl (C=O) groups is 1. The molecule has 1 aromatic rings. The number of nitrogens with one attached hydrogen (secondary N) is 1. The van der Waals surface area contributed by atoms with Crippen molar-refractivity contribution in [2.24, 2.45) is 0 Å². The van der Waals surface area contributed by atoms with E-state index in [9.17, 15) is 13.2 Å². The lowest BCUT2D eigenvalue weighted by Crippen LogP contribution is -2.48. The number of nitrogens with zero attached hydrogens (tertiary/aromatic N) is 2. The Morgan fingerprint density at radius 1 is 1.55 bits per heavy atom. The van der Waals surface area contributed by atoms with E-state index in [1.54, 1.807) is 0 Å². The molecular formula is C12H17BrN4O4S. The van der Waals surface area contributed by atoms with Crippen molar-refractivity contribution in [3.05, 3.63) is 16.7 Å². The fraction of sp³-hybridized carbons (Fsp3) is 0.500. The van der Waals surface area contributed by atoms with Crippen LogP contribution in [-0.4, -0.2) is 48.6 Å². The molecule has 1 atom stereocenters. The lowest BCUT2D eigenvalue weighted by Gasteiger charge is -2.33. The Bertz CT molecular complexity index is 667. The predicted molar refractivity (Wildman–Crippen MR) is 83.9 cm³/mol. The summed E-state index contributed by atoms with van der Waals surface area (Å²) in [6.07, 6.45) is 2.66. The van der Waals surface area contributed by atoms with Gasteiger partial charge in [-0.1, -0.05) is 0 Å². The summed E-state index contributed by atoms with van der Waals surface area (Å²) in [6.45, 7) is 0.433. The summed E-state index contributed by atoms with van der Waals surface area (Å²) in [5.41, 5.74) is 5.60. The van der Waals surface area contributed by atoms with Crippen LogP contribution in [0.4, 0.5) is 10.6 Å². The number of sulfonamides is 1. The molecule has 10 heteroatoms. The molecule has 1 fully saturated rings. The first-order valence-electron chi connectivity index (χ1n) is 6.71. The number of halogens is 1. The first kappa shape index (κ1) is 17.0. The van der Waals surface area contributed by atoms with Crippen LogP contribution in [0.3, 0.4) is 0 Å². The highest BCUT2D eigenvalue weighted by Crippen LogP contribution is 2.21. The summed E-state index contributed by atoms with van der Waals surface area (Å²) in [4.78, 5) is 16.1. The third kappa shape index (κ3) is 3.87. The molecule has 8 nitrogen and oxygen atoms in total. The summed E-state index contributed by atoms with van der Waals surface area (Å²) in [5, 5.41) is 9.15. The lowest BCUT2D eigenvalue weighted by atomic mass is 10.0. The van der Waals surface area contributed by atoms with Crippen molar-refractivity contribution < 1.29 is 18.3 Å². The van der Waals surface area contributed by atoms with Crippen LogP contribution in [0.15, 0.2) is 21.6 Å². The number of anilines is 1. The molecule has 1 aromatic heterocycles. The van der Waals surface area contributed by atoms with E-state index in [4.69, 9.17) is 10.8 Å². The van der Waals surface area contributed by atoms with Gasteiger partial charge in [0, 0.05) is 29.8 Å². The molecule has 2 rings (SSSR count). The number of nitrogens with two attached hydrogens (primary N) is 1. The molecule has 122 valence electrons. The predicted octanol–water partition coefficient (Wildman–Crippen LogP) is 1.24. The summed E-state index contributed by atoms with van der Waals surface area (Å²) < 4.78 is 27.5. The Hall–Kier alpha value is -1.39. The van der Waals surface area contributed by atoms with E-state index in [1.165, 1.54) is 17.2 Å². The number of pyridine rings is 1. The number of nitrogen functional groups attached to an aromatic ring is 1. The minimum absolute atomic E-state index is 0.0145. The smallest absolute Gasteiger partial charge is 0.407 e. The Morgan fingerprint density at radius 2 is 2.27 bits per heavy atom. The summed E-state index contributed by atoms with van der Waals surface area (Å²) in [7, 11) is -3.85. The number of carboxylic acid groups (broad SMARTS) is 1. The van der Waals surface area contributed by atoms with E-state index < -0.39 is 16.1 Å². The zero-order valence-electron chi connectivity index (χ0n) is 11.7. The van der Waals surface area contributed by atoms with Gasteiger partial charge in [-0.3, -0.25) is 0 Å². The van der Waals surface area contributed by atoms with Gasteiger partial charge < -0.3 is 15.7 Å². The molecule has 0 aromatic carbocycles. The highest BCUT2D eigenvalue weighted by atomic mass is 79.9. The molecule has 0 saturated carbocycles. The normalized spacial score (nSPS) is 19.1. The first-order chi connectivity index (χ1) is 10.3. The molecule has 22 heavy (non-hydrogen) atoms. The monoisotopic (exact) mass is 392 g/mol. The largest absolute Gasteiger partial charge is 0.465 e. The number of rotatable bonds is 4. The molecule has 1 aliphatic rings. The topological polar surface area (TPSA) is 126 Å². The van der Waals surface area contributed by atoms with Crippen molar-refractivity contribution in [1.82, 2.24) is 14.6 Å². The first-order valence-corrected chi connectivity index (χ1v) is 8.99. The Kier molecular flexibility index (Phi) is 5.24. The second kappa shape index (κ2) is 6.80. The van der Waals surface area contributed by atoms with E-state index in [1.807, 2.05) is 0 Å². The van der Waals surface area contributed by atoms with Crippen molar-refractivity contribution >= 4 is 37.9 Å². The molecule has 0 aliphatic carbocycles. The maximum atomic E-state index is 12.3. The molecule has 2 heterocycles. The van der Waals surface area contributed by atoms with Gasteiger partial charge in [-0.2, -0.15) is 0 Å². The van der Waals surface area contributed by atoms with E-state index in [0.717, 1.165) is 12.8 Å². The zero-order valence-corrected chi connectivity index (χ0v) is 14.1. The molecule has 0 bridgehead atoms. The third-order valence-corrected chi connectivity index (χ3v) is 5.41. The van der Waals surface area contributed by atoms with Crippen LogP contribution in [0.2, 0.25) is 0 Å².